The third kappa shape index (κ3) is 4.38. The molecular weight excluding hydrogens is 276 g/mol. The number of nitrogens with one attached hydrogen (secondary N) is 1. The second-order valence-electron chi connectivity index (χ2n) is 5.72. The summed E-state index contributed by atoms with van der Waals surface area (Å²) in [5, 5.41) is 0. The molecule has 0 radical (unpaired) electrons. The number of nitrogen functional groups attached to an aromatic ring is 1. The summed E-state index contributed by atoms with van der Waals surface area (Å²) in [6.07, 6.45) is 3.38. The third-order valence-electron chi connectivity index (χ3n) is 3.78. The maximum absolute atomic E-state index is 11.9. The van der Waals surface area contributed by atoms with Crippen LogP contribution in [-0.2, 0) is 10.0 Å². The fraction of sp³-hybridized carbons (Fsp3) is 0.571. The SMILES string of the molecule is CC1(CNS(=O)(=O)CCOc2ccc(N)cc2)CCC1. The van der Waals surface area contributed by atoms with Gasteiger partial charge in [-0.3, -0.25) is 0 Å². The molecule has 0 saturated heterocycles. The first-order valence-corrected chi connectivity index (χ1v) is 8.50. The monoisotopic (exact) mass is 298 g/mol. The van der Waals surface area contributed by atoms with Gasteiger partial charge in [-0.1, -0.05) is 13.3 Å². The highest BCUT2D eigenvalue weighted by molar-refractivity contribution is 7.89. The summed E-state index contributed by atoms with van der Waals surface area (Å²) in [6, 6.07) is 6.90. The summed E-state index contributed by atoms with van der Waals surface area (Å²) in [5.74, 6) is 0.591. The molecule has 0 amide bonds. The van der Waals surface area contributed by atoms with Crippen molar-refractivity contribution in [3.8, 4) is 5.75 Å². The highest BCUT2D eigenvalue weighted by Crippen LogP contribution is 2.39. The molecule has 6 heteroatoms. The first-order valence-electron chi connectivity index (χ1n) is 6.84. The Morgan fingerprint density at radius 2 is 1.95 bits per heavy atom. The van der Waals surface area contributed by atoms with Gasteiger partial charge in [0.1, 0.15) is 12.4 Å². The van der Waals surface area contributed by atoms with E-state index in [1.54, 1.807) is 24.3 Å². The van der Waals surface area contributed by atoms with E-state index in [4.69, 9.17) is 10.5 Å². The van der Waals surface area contributed by atoms with Crippen molar-refractivity contribution in [3.63, 3.8) is 0 Å². The first-order chi connectivity index (χ1) is 9.39. The number of benzene rings is 1. The van der Waals surface area contributed by atoms with E-state index in [1.165, 1.54) is 6.42 Å². The van der Waals surface area contributed by atoms with Gasteiger partial charge in [0.2, 0.25) is 10.0 Å². The molecule has 1 aromatic carbocycles. The highest BCUT2D eigenvalue weighted by atomic mass is 32.2. The predicted octanol–water partition coefficient (Wildman–Crippen LogP) is 1.76. The van der Waals surface area contributed by atoms with Gasteiger partial charge in [-0.15, -0.1) is 0 Å². The molecule has 1 saturated carbocycles. The van der Waals surface area contributed by atoms with Gasteiger partial charge >= 0.3 is 0 Å². The van der Waals surface area contributed by atoms with Gasteiger partial charge in [-0.05, 0) is 42.5 Å². The van der Waals surface area contributed by atoms with Crippen LogP contribution in [0.5, 0.6) is 5.75 Å². The van der Waals surface area contributed by atoms with Crippen molar-refractivity contribution < 1.29 is 13.2 Å². The molecule has 0 atom stereocenters. The Kier molecular flexibility index (Phi) is 4.55. The van der Waals surface area contributed by atoms with Crippen LogP contribution in [0.25, 0.3) is 0 Å². The standard InChI is InChI=1S/C14H22N2O3S/c1-14(7-2-8-14)11-16-20(17,18)10-9-19-13-5-3-12(15)4-6-13/h3-6,16H,2,7-11,15H2,1H3. The van der Waals surface area contributed by atoms with E-state index in [0.29, 0.717) is 18.0 Å². The van der Waals surface area contributed by atoms with Gasteiger partial charge in [-0.25, -0.2) is 13.1 Å². The first kappa shape index (κ1) is 15.1. The average Bonchev–Trinajstić information content (AvgIpc) is 2.36. The lowest BCUT2D eigenvalue weighted by Crippen LogP contribution is -2.41. The Hall–Kier alpha value is -1.27. The molecule has 0 aliphatic heterocycles. The quantitative estimate of drug-likeness (QED) is 0.752. The minimum Gasteiger partial charge on any atom is -0.492 e. The van der Waals surface area contributed by atoms with Crippen LogP contribution in [0, 0.1) is 5.41 Å². The van der Waals surface area contributed by atoms with Crippen molar-refractivity contribution >= 4 is 15.7 Å². The van der Waals surface area contributed by atoms with Crippen molar-refractivity contribution in [3.05, 3.63) is 24.3 Å². The van der Waals surface area contributed by atoms with Crippen molar-refractivity contribution in [2.24, 2.45) is 5.41 Å². The molecule has 0 spiro atoms. The molecule has 112 valence electrons. The maximum atomic E-state index is 11.9. The molecule has 0 aromatic heterocycles. The van der Waals surface area contributed by atoms with Crippen LogP contribution < -0.4 is 15.2 Å². The van der Waals surface area contributed by atoms with Gasteiger partial charge < -0.3 is 10.5 Å². The molecule has 5 nitrogen and oxygen atoms in total. The summed E-state index contributed by atoms with van der Waals surface area (Å²) in [5.41, 5.74) is 6.36. The van der Waals surface area contributed by atoms with E-state index in [0.717, 1.165) is 12.8 Å². The van der Waals surface area contributed by atoms with E-state index < -0.39 is 10.0 Å². The largest absolute Gasteiger partial charge is 0.492 e. The summed E-state index contributed by atoms with van der Waals surface area (Å²) in [6.45, 7) is 2.77. The molecule has 0 bridgehead atoms. The minimum absolute atomic E-state index is 0.0343. The molecule has 1 fully saturated rings. The van der Waals surface area contributed by atoms with Crippen LogP contribution in [0.15, 0.2) is 24.3 Å². The second kappa shape index (κ2) is 6.01. The maximum Gasteiger partial charge on any atom is 0.214 e. The number of sulfonamides is 1. The van der Waals surface area contributed by atoms with E-state index in [1.807, 2.05) is 0 Å². The lowest BCUT2D eigenvalue weighted by atomic mass is 9.71. The van der Waals surface area contributed by atoms with Crippen LogP contribution in [0.2, 0.25) is 0 Å². The number of anilines is 1. The van der Waals surface area contributed by atoms with Gasteiger partial charge in [-0.2, -0.15) is 0 Å². The molecule has 2 rings (SSSR count). The van der Waals surface area contributed by atoms with Crippen LogP contribution in [-0.4, -0.2) is 27.3 Å². The van der Waals surface area contributed by atoms with Crippen molar-refractivity contribution in [1.82, 2.24) is 4.72 Å². The Bertz CT molecular complexity index is 536. The molecule has 3 N–H and O–H groups in total. The molecule has 20 heavy (non-hydrogen) atoms. The number of rotatable bonds is 7. The van der Waals surface area contributed by atoms with Gasteiger partial charge in [0.05, 0.1) is 5.75 Å². The lowest BCUT2D eigenvalue weighted by molar-refractivity contribution is 0.166. The average molecular weight is 298 g/mol. The Labute approximate surface area is 120 Å². The number of nitrogens with two attached hydrogens (primary N) is 1. The molecule has 1 aliphatic carbocycles. The fourth-order valence-electron chi connectivity index (χ4n) is 2.15. The minimum atomic E-state index is -3.27. The lowest BCUT2D eigenvalue weighted by Gasteiger charge is -2.38. The third-order valence-corrected chi connectivity index (χ3v) is 5.07. The summed E-state index contributed by atoms with van der Waals surface area (Å²) in [4.78, 5) is 0. The Balaban J connectivity index is 1.73. The summed E-state index contributed by atoms with van der Waals surface area (Å²) >= 11 is 0. The van der Waals surface area contributed by atoms with E-state index in [9.17, 15) is 8.42 Å². The number of hydrogen-bond acceptors (Lipinski definition) is 4. The molecule has 0 heterocycles. The molecule has 1 aliphatic rings. The van der Waals surface area contributed by atoms with E-state index in [2.05, 4.69) is 11.6 Å². The fourth-order valence-corrected chi connectivity index (χ4v) is 3.16. The zero-order valence-electron chi connectivity index (χ0n) is 11.8. The van der Waals surface area contributed by atoms with Crippen LogP contribution in [0.1, 0.15) is 26.2 Å². The zero-order valence-corrected chi connectivity index (χ0v) is 12.6. The van der Waals surface area contributed by atoms with Gasteiger partial charge in [0.15, 0.2) is 0 Å². The zero-order chi connectivity index (χ0) is 14.6. The van der Waals surface area contributed by atoms with E-state index >= 15 is 0 Å². The Morgan fingerprint density at radius 1 is 1.30 bits per heavy atom. The molecule has 1 aromatic rings. The topological polar surface area (TPSA) is 81.4 Å². The van der Waals surface area contributed by atoms with Crippen molar-refractivity contribution in [2.45, 2.75) is 26.2 Å². The van der Waals surface area contributed by atoms with Crippen LogP contribution in [0.4, 0.5) is 5.69 Å². The van der Waals surface area contributed by atoms with Crippen molar-refractivity contribution in [1.29, 1.82) is 0 Å². The highest BCUT2D eigenvalue weighted by Gasteiger charge is 2.32. The smallest absolute Gasteiger partial charge is 0.214 e. The van der Waals surface area contributed by atoms with E-state index in [-0.39, 0.29) is 17.8 Å². The molecular formula is C14H22N2O3S. The van der Waals surface area contributed by atoms with Gasteiger partial charge in [0, 0.05) is 12.2 Å². The summed E-state index contributed by atoms with van der Waals surface area (Å²) < 4.78 is 31.8. The van der Waals surface area contributed by atoms with Crippen LogP contribution >= 0.6 is 0 Å². The van der Waals surface area contributed by atoms with Crippen molar-refractivity contribution in [2.75, 3.05) is 24.6 Å². The predicted molar refractivity (Wildman–Crippen MR) is 80.1 cm³/mol. The normalized spacial score (nSPS) is 17.4. The van der Waals surface area contributed by atoms with Crippen LogP contribution in [0.3, 0.4) is 0 Å². The number of ether oxygens (including phenoxy) is 1. The van der Waals surface area contributed by atoms with Gasteiger partial charge in [0.25, 0.3) is 0 Å². The second-order valence-corrected chi connectivity index (χ2v) is 7.65. The summed E-state index contributed by atoms with van der Waals surface area (Å²) in [7, 11) is -3.27. The Morgan fingerprint density at radius 3 is 2.50 bits per heavy atom. The number of hydrogen-bond donors (Lipinski definition) is 2. The molecule has 0 unspecified atom stereocenters.